The van der Waals surface area contributed by atoms with E-state index in [4.69, 9.17) is 10.5 Å². The lowest BCUT2D eigenvalue weighted by Crippen LogP contribution is -2.07. The van der Waals surface area contributed by atoms with Gasteiger partial charge in [0, 0.05) is 4.90 Å². The summed E-state index contributed by atoms with van der Waals surface area (Å²) in [6, 6.07) is 5.73. The van der Waals surface area contributed by atoms with Gasteiger partial charge in [0.05, 0.1) is 11.8 Å². The number of aromatic nitrogens is 2. The van der Waals surface area contributed by atoms with Crippen molar-refractivity contribution in [2.45, 2.75) is 29.2 Å². The van der Waals surface area contributed by atoms with Crippen LogP contribution in [-0.2, 0) is 0 Å². The molecular weight excluding hydrogens is 254 g/mol. The van der Waals surface area contributed by atoms with Crippen molar-refractivity contribution in [3.8, 4) is 5.75 Å². The second-order valence-corrected chi connectivity index (χ2v) is 5.78. The van der Waals surface area contributed by atoms with Crippen LogP contribution >= 0.6 is 23.3 Å². The van der Waals surface area contributed by atoms with Crippen molar-refractivity contribution in [1.82, 2.24) is 9.36 Å². The van der Waals surface area contributed by atoms with E-state index >= 15 is 0 Å². The molecule has 1 heterocycles. The smallest absolute Gasteiger partial charge is 0.174 e. The maximum absolute atomic E-state index is 5.85. The monoisotopic (exact) mass is 267 g/mol. The number of rotatable bonds is 4. The number of anilines is 1. The predicted molar refractivity (Wildman–Crippen MR) is 70.7 cm³/mol. The first-order chi connectivity index (χ1) is 8.15. The Morgan fingerprint density at radius 2 is 2.24 bits per heavy atom. The molecule has 2 aromatic rings. The van der Waals surface area contributed by atoms with Crippen LogP contribution in [0.3, 0.4) is 0 Å². The van der Waals surface area contributed by atoms with Crippen molar-refractivity contribution in [2.24, 2.45) is 0 Å². The largest absolute Gasteiger partial charge is 0.489 e. The summed E-state index contributed by atoms with van der Waals surface area (Å²) < 4.78 is 10.5. The quantitative estimate of drug-likeness (QED) is 0.863. The Morgan fingerprint density at radius 1 is 1.41 bits per heavy atom. The maximum atomic E-state index is 5.85. The minimum absolute atomic E-state index is 0.110. The Kier molecular flexibility index (Phi) is 3.86. The van der Waals surface area contributed by atoms with Gasteiger partial charge in [-0.1, -0.05) is 11.8 Å². The number of ether oxygens (including phenoxy) is 1. The van der Waals surface area contributed by atoms with Crippen molar-refractivity contribution in [3.05, 3.63) is 24.5 Å². The molecule has 0 spiro atoms. The predicted octanol–water partition coefficient (Wildman–Crippen LogP) is 3.06. The molecule has 0 unspecified atom stereocenters. The van der Waals surface area contributed by atoms with E-state index in [1.807, 2.05) is 32.0 Å². The molecule has 0 fully saturated rings. The first-order valence-electron chi connectivity index (χ1n) is 5.16. The lowest BCUT2D eigenvalue weighted by atomic mass is 10.3. The van der Waals surface area contributed by atoms with Crippen molar-refractivity contribution in [3.63, 3.8) is 0 Å². The number of hydrogen-bond donors (Lipinski definition) is 1. The van der Waals surface area contributed by atoms with Gasteiger partial charge in [-0.25, -0.2) is 4.98 Å². The minimum Gasteiger partial charge on any atom is -0.489 e. The molecule has 0 aliphatic rings. The summed E-state index contributed by atoms with van der Waals surface area (Å²) >= 11 is 2.93. The highest BCUT2D eigenvalue weighted by Crippen LogP contribution is 2.33. The van der Waals surface area contributed by atoms with E-state index in [0.29, 0.717) is 5.69 Å². The Bertz CT molecular complexity index is 485. The maximum Gasteiger partial charge on any atom is 0.174 e. The number of nitrogens with zero attached hydrogens (tertiary/aromatic N) is 2. The van der Waals surface area contributed by atoms with E-state index in [1.165, 1.54) is 11.5 Å². The Balaban J connectivity index is 2.18. The molecule has 1 aromatic heterocycles. The number of nitrogens with two attached hydrogens (primary N) is 1. The van der Waals surface area contributed by atoms with Crippen LogP contribution < -0.4 is 10.5 Å². The highest BCUT2D eigenvalue weighted by Gasteiger charge is 2.07. The van der Waals surface area contributed by atoms with Gasteiger partial charge in [0.15, 0.2) is 4.34 Å². The van der Waals surface area contributed by atoms with Gasteiger partial charge >= 0.3 is 0 Å². The lowest BCUT2D eigenvalue weighted by Gasteiger charge is -2.12. The van der Waals surface area contributed by atoms with Crippen molar-refractivity contribution >= 4 is 29.0 Å². The zero-order valence-corrected chi connectivity index (χ0v) is 11.2. The summed E-state index contributed by atoms with van der Waals surface area (Å²) in [5.41, 5.74) is 6.50. The fourth-order valence-corrected chi connectivity index (χ4v) is 2.69. The zero-order valence-electron chi connectivity index (χ0n) is 9.58. The first-order valence-corrected chi connectivity index (χ1v) is 6.75. The molecular formula is C11H13N3OS2. The molecule has 0 saturated heterocycles. The highest BCUT2D eigenvalue weighted by molar-refractivity contribution is 8.01. The van der Waals surface area contributed by atoms with Gasteiger partial charge in [-0.3, -0.25) is 0 Å². The van der Waals surface area contributed by atoms with Crippen LogP contribution in [0.15, 0.2) is 33.8 Å². The molecule has 0 radical (unpaired) electrons. The van der Waals surface area contributed by atoms with Gasteiger partial charge in [0.1, 0.15) is 12.1 Å². The van der Waals surface area contributed by atoms with Crippen LogP contribution in [0.4, 0.5) is 5.69 Å². The fourth-order valence-electron chi connectivity index (χ4n) is 1.24. The van der Waals surface area contributed by atoms with E-state index in [1.54, 1.807) is 18.1 Å². The van der Waals surface area contributed by atoms with E-state index in [9.17, 15) is 0 Å². The van der Waals surface area contributed by atoms with Crippen LogP contribution in [0.1, 0.15) is 13.8 Å². The van der Waals surface area contributed by atoms with E-state index in [-0.39, 0.29) is 6.10 Å². The Hall–Kier alpha value is -1.27. The number of benzene rings is 1. The average Bonchev–Trinajstić information content (AvgIpc) is 2.75. The number of nitrogen functional groups attached to an aromatic ring is 1. The zero-order chi connectivity index (χ0) is 12.3. The van der Waals surface area contributed by atoms with Gasteiger partial charge in [-0.2, -0.15) is 4.37 Å². The molecule has 0 atom stereocenters. The molecule has 90 valence electrons. The molecule has 0 aliphatic carbocycles. The highest BCUT2D eigenvalue weighted by atomic mass is 32.2. The van der Waals surface area contributed by atoms with Gasteiger partial charge in [0.2, 0.25) is 0 Å². The fraction of sp³-hybridized carbons (Fsp3) is 0.273. The third kappa shape index (κ3) is 3.34. The summed E-state index contributed by atoms with van der Waals surface area (Å²) in [5, 5.41) is 0. The van der Waals surface area contributed by atoms with Gasteiger partial charge in [-0.15, -0.1) is 0 Å². The molecule has 4 nitrogen and oxygen atoms in total. The van der Waals surface area contributed by atoms with Crippen molar-refractivity contribution in [1.29, 1.82) is 0 Å². The summed E-state index contributed by atoms with van der Waals surface area (Å²) in [4.78, 5) is 5.17. The standard InChI is InChI=1S/C11H13N3OS2/c1-7(2)15-10-5-8(3-4-9(10)12)16-11-13-6-14-17-11/h3-7H,12H2,1-2H3. The van der Waals surface area contributed by atoms with E-state index < -0.39 is 0 Å². The van der Waals surface area contributed by atoms with Gasteiger partial charge < -0.3 is 10.5 Å². The SMILES string of the molecule is CC(C)Oc1cc(Sc2ncns2)ccc1N. The van der Waals surface area contributed by atoms with Gasteiger partial charge in [-0.05, 0) is 43.6 Å². The summed E-state index contributed by atoms with van der Waals surface area (Å²) in [6.45, 7) is 3.95. The van der Waals surface area contributed by atoms with E-state index in [0.717, 1.165) is 15.0 Å². The minimum atomic E-state index is 0.110. The lowest BCUT2D eigenvalue weighted by molar-refractivity contribution is 0.243. The Labute approximate surface area is 108 Å². The topological polar surface area (TPSA) is 61.0 Å². The second kappa shape index (κ2) is 5.37. The average molecular weight is 267 g/mol. The van der Waals surface area contributed by atoms with Crippen LogP contribution in [0.5, 0.6) is 5.75 Å². The molecule has 17 heavy (non-hydrogen) atoms. The second-order valence-electron chi connectivity index (χ2n) is 3.68. The van der Waals surface area contributed by atoms with Crippen LogP contribution in [0, 0.1) is 0 Å². The van der Waals surface area contributed by atoms with Gasteiger partial charge in [0.25, 0.3) is 0 Å². The summed E-state index contributed by atoms with van der Waals surface area (Å²) in [5.74, 6) is 0.717. The van der Waals surface area contributed by atoms with Crippen LogP contribution in [0.25, 0.3) is 0 Å². The van der Waals surface area contributed by atoms with Crippen molar-refractivity contribution in [2.75, 3.05) is 5.73 Å². The Morgan fingerprint density at radius 3 is 2.88 bits per heavy atom. The molecule has 1 aromatic carbocycles. The third-order valence-electron chi connectivity index (χ3n) is 1.89. The summed E-state index contributed by atoms with van der Waals surface area (Å²) in [7, 11) is 0. The first kappa shape index (κ1) is 12.2. The molecule has 2 N–H and O–H groups in total. The number of hydrogen-bond acceptors (Lipinski definition) is 6. The molecule has 0 amide bonds. The van der Waals surface area contributed by atoms with Crippen LogP contribution in [-0.4, -0.2) is 15.5 Å². The molecule has 0 bridgehead atoms. The normalized spacial score (nSPS) is 10.8. The van der Waals surface area contributed by atoms with E-state index in [2.05, 4.69) is 9.36 Å². The molecule has 0 aliphatic heterocycles. The molecule has 2 rings (SSSR count). The summed E-state index contributed by atoms with van der Waals surface area (Å²) in [6.07, 6.45) is 1.66. The molecule has 6 heteroatoms. The van der Waals surface area contributed by atoms with Crippen LogP contribution in [0.2, 0.25) is 0 Å². The molecule has 0 saturated carbocycles. The third-order valence-corrected chi connectivity index (χ3v) is 3.60. The van der Waals surface area contributed by atoms with Crippen molar-refractivity contribution < 1.29 is 4.74 Å².